The molecule has 0 aliphatic carbocycles. The molecule has 0 saturated carbocycles. The third-order valence-corrected chi connectivity index (χ3v) is 5.12. The fraction of sp³-hybridized carbons (Fsp3) is 0.167. The van der Waals surface area contributed by atoms with Gasteiger partial charge in [-0.25, -0.2) is 4.79 Å². The number of carbonyl (C=O) groups excluding carboxylic acids is 1. The van der Waals surface area contributed by atoms with Crippen LogP contribution in [0.5, 0.6) is 5.75 Å². The minimum Gasteiger partial charge on any atom is -0.489 e. The van der Waals surface area contributed by atoms with Crippen LogP contribution in [0.3, 0.4) is 0 Å². The third-order valence-electron chi connectivity index (χ3n) is 5.12. The molecule has 1 unspecified atom stereocenters. The molecule has 0 saturated heterocycles. The maximum atomic E-state index is 13.2. The molecule has 5 heteroatoms. The maximum Gasteiger partial charge on any atom is 0.326 e. The van der Waals surface area contributed by atoms with Gasteiger partial charge in [0.25, 0.3) is 5.91 Å². The molecule has 1 heterocycles. The zero-order valence-electron chi connectivity index (χ0n) is 15.8. The Morgan fingerprint density at radius 2 is 1.66 bits per heavy atom. The van der Waals surface area contributed by atoms with Crippen LogP contribution in [0.1, 0.15) is 27.0 Å². The molecule has 29 heavy (non-hydrogen) atoms. The van der Waals surface area contributed by atoms with Crippen molar-refractivity contribution in [2.75, 3.05) is 0 Å². The number of nitrogens with zero attached hydrogens (tertiary/aromatic N) is 1. The van der Waals surface area contributed by atoms with Gasteiger partial charge in [-0.2, -0.15) is 0 Å². The summed E-state index contributed by atoms with van der Waals surface area (Å²) in [4.78, 5) is 26.4. The van der Waals surface area contributed by atoms with Crippen LogP contribution in [0.25, 0.3) is 0 Å². The summed E-state index contributed by atoms with van der Waals surface area (Å²) in [6.07, 6.45) is 0.307. The zero-order chi connectivity index (χ0) is 20.2. The third kappa shape index (κ3) is 4.14. The van der Waals surface area contributed by atoms with E-state index in [9.17, 15) is 14.7 Å². The van der Waals surface area contributed by atoms with E-state index in [1.54, 1.807) is 24.3 Å². The van der Waals surface area contributed by atoms with Crippen LogP contribution in [0, 0.1) is 0 Å². The van der Waals surface area contributed by atoms with Crippen molar-refractivity contribution in [2.45, 2.75) is 25.6 Å². The molecular formula is C24H21NO4. The standard InChI is InChI=1S/C24H21NO4/c26-23(25-15-20-10-5-4-9-18(20)14-22(25)24(27)28)19-11-6-12-21(13-19)29-16-17-7-2-1-3-8-17/h1-13,22H,14-16H2,(H,27,28). The molecule has 5 nitrogen and oxygen atoms in total. The molecule has 3 aromatic rings. The second kappa shape index (κ2) is 8.19. The van der Waals surface area contributed by atoms with Gasteiger partial charge in [0.15, 0.2) is 0 Å². The normalized spacial score (nSPS) is 15.4. The topological polar surface area (TPSA) is 66.8 Å². The molecule has 146 valence electrons. The van der Waals surface area contributed by atoms with Gasteiger partial charge in [-0.05, 0) is 34.9 Å². The first-order chi connectivity index (χ1) is 14.1. The summed E-state index contributed by atoms with van der Waals surface area (Å²) >= 11 is 0. The highest BCUT2D eigenvalue weighted by molar-refractivity contribution is 5.97. The summed E-state index contributed by atoms with van der Waals surface area (Å²) in [5, 5.41) is 9.68. The fourth-order valence-electron chi connectivity index (χ4n) is 3.58. The number of fused-ring (bicyclic) bond motifs is 1. The smallest absolute Gasteiger partial charge is 0.326 e. The van der Waals surface area contributed by atoms with Gasteiger partial charge in [0, 0.05) is 18.5 Å². The number of ether oxygens (including phenoxy) is 1. The number of hydrogen-bond acceptors (Lipinski definition) is 3. The Morgan fingerprint density at radius 3 is 2.41 bits per heavy atom. The van der Waals surface area contributed by atoms with Gasteiger partial charge in [-0.15, -0.1) is 0 Å². The maximum absolute atomic E-state index is 13.2. The van der Waals surface area contributed by atoms with E-state index in [4.69, 9.17) is 4.74 Å². The summed E-state index contributed by atoms with van der Waals surface area (Å²) in [5.41, 5.74) is 3.41. The summed E-state index contributed by atoms with van der Waals surface area (Å²) in [7, 11) is 0. The molecule has 0 fully saturated rings. The quantitative estimate of drug-likeness (QED) is 0.721. The fourth-order valence-corrected chi connectivity index (χ4v) is 3.58. The van der Waals surface area contributed by atoms with Crippen LogP contribution in [0.2, 0.25) is 0 Å². The predicted molar refractivity (Wildman–Crippen MR) is 109 cm³/mol. The van der Waals surface area contributed by atoms with Gasteiger partial charge in [0.2, 0.25) is 0 Å². The van der Waals surface area contributed by atoms with E-state index in [1.807, 2.05) is 54.6 Å². The molecule has 0 aromatic heterocycles. The van der Waals surface area contributed by atoms with Crippen molar-refractivity contribution >= 4 is 11.9 Å². The number of amides is 1. The highest BCUT2D eigenvalue weighted by Gasteiger charge is 2.34. The van der Waals surface area contributed by atoms with Crippen molar-refractivity contribution < 1.29 is 19.4 Å². The SMILES string of the molecule is O=C(O)C1Cc2ccccc2CN1C(=O)c1cccc(OCc2ccccc2)c1. The number of carboxylic acids is 1. The molecule has 1 aliphatic rings. The second-order valence-electron chi connectivity index (χ2n) is 7.06. The minimum absolute atomic E-state index is 0.279. The van der Waals surface area contributed by atoms with Crippen LogP contribution < -0.4 is 4.74 Å². The molecule has 1 aliphatic heterocycles. The highest BCUT2D eigenvalue weighted by Crippen LogP contribution is 2.26. The van der Waals surface area contributed by atoms with E-state index in [-0.39, 0.29) is 12.5 Å². The number of aliphatic carboxylic acids is 1. The Labute approximate surface area is 169 Å². The summed E-state index contributed by atoms with van der Waals surface area (Å²) in [5.74, 6) is -0.731. The van der Waals surface area contributed by atoms with Crippen LogP contribution in [0.15, 0.2) is 78.9 Å². The van der Waals surface area contributed by atoms with Crippen molar-refractivity contribution in [3.05, 3.63) is 101 Å². The van der Waals surface area contributed by atoms with Gasteiger partial charge in [0.1, 0.15) is 18.4 Å². The second-order valence-corrected chi connectivity index (χ2v) is 7.06. The minimum atomic E-state index is -0.996. The summed E-state index contributed by atoms with van der Waals surface area (Å²) < 4.78 is 5.81. The van der Waals surface area contributed by atoms with Crippen molar-refractivity contribution in [2.24, 2.45) is 0 Å². The average Bonchev–Trinajstić information content (AvgIpc) is 2.77. The Bertz CT molecular complexity index is 1030. The zero-order valence-corrected chi connectivity index (χ0v) is 15.8. The lowest BCUT2D eigenvalue weighted by Crippen LogP contribution is -2.48. The van der Waals surface area contributed by atoms with Crippen LogP contribution >= 0.6 is 0 Å². The van der Waals surface area contributed by atoms with E-state index in [1.165, 1.54) is 4.90 Å². The molecule has 0 radical (unpaired) electrons. The number of rotatable bonds is 5. The molecule has 1 N–H and O–H groups in total. The van der Waals surface area contributed by atoms with E-state index in [2.05, 4.69) is 0 Å². The van der Waals surface area contributed by atoms with Crippen LogP contribution in [0.4, 0.5) is 0 Å². The molecule has 1 atom stereocenters. The Balaban J connectivity index is 1.54. The summed E-state index contributed by atoms with van der Waals surface area (Å²) in [6, 6.07) is 23.4. The lowest BCUT2D eigenvalue weighted by molar-refractivity contribution is -0.142. The number of hydrogen-bond donors (Lipinski definition) is 1. The number of carbonyl (C=O) groups is 2. The van der Waals surface area contributed by atoms with Crippen molar-refractivity contribution in [3.63, 3.8) is 0 Å². The van der Waals surface area contributed by atoms with Gasteiger partial charge in [0.05, 0.1) is 0 Å². The van der Waals surface area contributed by atoms with Gasteiger partial charge in [-0.3, -0.25) is 4.79 Å². The molecular weight excluding hydrogens is 366 g/mol. The average molecular weight is 387 g/mol. The highest BCUT2D eigenvalue weighted by atomic mass is 16.5. The van der Waals surface area contributed by atoms with Crippen molar-refractivity contribution in [1.82, 2.24) is 4.90 Å². The van der Waals surface area contributed by atoms with Gasteiger partial charge >= 0.3 is 5.97 Å². The Kier molecular flexibility index (Phi) is 5.29. The monoisotopic (exact) mass is 387 g/mol. The first-order valence-electron chi connectivity index (χ1n) is 9.49. The Hall–Kier alpha value is -3.60. The van der Waals surface area contributed by atoms with Crippen LogP contribution in [-0.2, 0) is 24.4 Å². The summed E-state index contributed by atoms with van der Waals surface area (Å²) in [6.45, 7) is 0.675. The molecule has 3 aromatic carbocycles. The van der Waals surface area contributed by atoms with E-state index >= 15 is 0 Å². The lowest BCUT2D eigenvalue weighted by atomic mass is 9.93. The Morgan fingerprint density at radius 1 is 0.931 bits per heavy atom. The van der Waals surface area contributed by atoms with E-state index in [0.29, 0.717) is 24.3 Å². The molecule has 0 spiro atoms. The van der Waals surface area contributed by atoms with Crippen molar-refractivity contribution in [1.29, 1.82) is 0 Å². The number of carboxylic acid groups (broad SMARTS) is 1. The predicted octanol–water partition coefficient (Wildman–Crippen LogP) is 3.92. The molecule has 0 bridgehead atoms. The number of benzene rings is 3. The van der Waals surface area contributed by atoms with Crippen LogP contribution in [-0.4, -0.2) is 27.9 Å². The lowest BCUT2D eigenvalue weighted by Gasteiger charge is -2.34. The van der Waals surface area contributed by atoms with E-state index in [0.717, 1.165) is 16.7 Å². The largest absolute Gasteiger partial charge is 0.489 e. The molecule has 4 rings (SSSR count). The van der Waals surface area contributed by atoms with Gasteiger partial charge < -0.3 is 14.7 Å². The molecule has 1 amide bonds. The van der Waals surface area contributed by atoms with Crippen molar-refractivity contribution in [3.8, 4) is 5.75 Å². The van der Waals surface area contributed by atoms with Gasteiger partial charge in [-0.1, -0.05) is 60.7 Å². The van der Waals surface area contributed by atoms with E-state index < -0.39 is 12.0 Å². The first-order valence-corrected chi connectivity index (χ1v) is 9.49. The first kappa shape index (κ1) is 18.7.